The first-order valence-electron chi connectivity index (χ1n) is 7.34. The third-order valence-electron chi connectivity index (χ3n) is 3.44. The van der Waals surface area contributed by atoms with Crippen LogP contribution < -0.4 is 0 Å². The van der Waals surface area contributed by atoms with Gasteiger partial charge in [-0.15, -0.1) is 13.2 Å². The summed E-state index contributed by atoms with van der Waals surface area (Å²) < 4.78 is 53.5. The van der Waals surface area contributed by atoms with Gasteiger partial charge in [0.05, 0.1) is 24.7 Å². The van der Waals surface area contributed by atoms with Gasteiger partial charge in [0.1, 0.15) is 5.83 Å². The molecule has 136 valence electrons. The van der Waals surface area contributed by atoms with Crippen molar-refractivity contribution in [2.24, 2.45) is 5.41 Å². The van der Waals surface area contributed by atoms with Gasteiger partial charge in [-0.05, 0) is 32.4 Å². The molecule has 0 spiro atoms. The number of carbonyl (C=O) groups is 1. The first-order valence-corrected chi connectivity index (χ1v) is 7.34. The highest BCUT2D eigenvalue weighted by Gasteiger charge is 2.42. The fourth-order valence-corrected chi connectivity index (χ4v) is 2.02. The zero-order valence-corrected chi connectivity index (χ0v) is 13.8. The van der Waals surface area contributed by atoms with E-state index in [2.05, 4.69) is 11.3 Å². The number of alkyl halides is 3. The van der Waals surface area contributed by atoms with Crippen LogP contribution >= 0.6 is 0 Å². The van der Waals surface area contributed by atoms with E-state index < -0.39 is 36.2 Å². The Hall–Kier alpha value is -1.67. The smallest absolute Gasteiger partial charge is 0.291 e. The maximum Gasteiger partial charge on any atom is 0.522 e. The summed E-state index contributed by atoms with van der Waals surface area (Å²) in [6, 6.07) is -0.566. The summed E-state index contributed by atoms with van der Waals surface area (Å²) in [6.07, 6.45) is -0.535. The number of hydroxylamine groups is 2. The molecule has 24 heavy (non-hydrogen) atoms. The molecule has 1 heterocycles. The lowest BCUT2D eigenvalue weighted by molar-refractivity contribution is -0.331. The Labute approximate surface area is 138 Å². The van der Waals surface area contributed by atoms with Crippen LogP contribution in [0.5, 0.6) is 0 Å². The van der Waals surface area contributed by atoms with Crippen LogP contribution in [0.2, 0.25) is 0 Å². The van der Waals surface area contributed by atoms with Crippen molar-refractivity contribution in [1.82, 2.24) is 5.06 Å². The second-order valence-electron chi connectivity index (χ2n) is 5.97. The van der Waals surface area contributed by atoms with Crippen molar-refractivity contribution in [3.63, 3.8) is 0 Å². The minimum atomic E-state index is -4.82. The van der Waals surface area contributed by atoms with E-state index in [1.165, 1.54) is 39.0 Å². The summed E-state index contributed by atoms with van der Waals surface area (Å²) >= 11 is 0. The number of carbonyl (C=O) groups excluding carboxylic acids is 1. The monoisotopic (exact) mass is 351 g/mol. The molecule has 0 aromatic carbocycles. The molecule has 0 aromatic heterocycles. The van der Waals surface area contributed by atoms with E-state index in [0.29, 0.717) is 12.0 Å². The lowest BCUT2D eigenvalue weighted by Crippen LogP contribution is -2.46. The highest BCUT2D eigenvalue weighted by Crippen LogP contribution is 2.30. The molecular formula is C16H21F4NO3. The first kappa shape index (κ1) is 20.4. The van der Waals surface area contributed by atoms with Gasteiger partial charge in [0.2, 0.25) is 0 Å². The molecule has 1 saturated heterocycles. The molecule has 1 atom stereocenters. The Morgan fingerprint density at radius 1 is 1.38 bits per heavy atom. The lowest BCUT2D eigenvalue weighted by Gasteiger charge is -2.31. The molecule has 1 aliphatic rings. The summed E-state index contributed by atoms with van der Waals surface area (Å²) in [6.45, 7) is 7.35. The molecule has 1 aliphatic heterocycles. The number of ether oxygens (including phenoxy) is 1. The van der Waals surface area contributed by atoms with E-state index in [9.17, 15) is 22.4 Å². The third-order valence-corrected chi connectivity index (χ3v) is 3.44. The fraction of sp³-hybridized carbons (Fsp3) is 0.562. The van der Waals surface area contributed by atoms with Crippen molar-refractivity contribution < 1.29 is 31.9 Å². The van der Waals surface area contributed by atoms with E-state index in [0.717, 1.165) is 5.06 Å². The summed E-state index contributed by atoms with van der Waals surface area (Å²) in [5, 5.41) is 1.000. The van der Waals surface area contributed by atoms with Crippen molar-refractivity contribution in [1.29, 1.82) is 0 Å². The number of rotatable bonds is 6. The largest absolute Gasteiger partial charge is 0.522 e. The third kappa shape index (κ3) is 5.76. The lowest BCUT2D eigenvalue weighted by atomic mass is 9.92. The number of amides is 1. The molecule has 0 N–H and O–H groups in total. The van der Waals surface area contributed by atoms with Gasteiger partial charge >= 0.3 is 6.36 Å². The van der Waals surface area contributed by atoms with Gasteiger partial charge in [0.25, 0.3) is 5.91 Å². The van der Waals surface area contributed by atoms with Crippen molar-refractivity contribution in [2.75, 3.05) is 13.2 Å². The molecule has 4 nitrogen and oxygen atoms in total. The van der Waals surface area contributed by atoms with Crippen LogP contribution in [0.1, 0.15) is 27.2 Å². The number of halogens is 4. The Morgan fingerprint density at radius 2 is 2.00 bits per heavy atom. The van der Waals surface area contributed by atoms with Crippen molar-refractivity contribution in [3.8, 4) is 0 Å². The average molecular weight is 351 g/mol. The maximum absolute atomic E-state index is 13.1. The Balaban J connectivity index is 2.81. The molecule has 0 unspecified atom stereocenters. The highest BCUT2D eigenvalue weighted by molar-refractivity contribution is 5.82. The number of nitrogens with zero attached hydrogens (tertiary/aromatic N) is 1. The second-order valence-corrected chi connectivity index (χ2v) is 5.97. The average Bonchev–Trinajstić information content (AvgIpc) is 2.98. The molecule has 0 aliphatic carbocycles. The summed E-state index contributed by atoms with van der Waals surface area (Å²) in [7, 11) is 0. The van der Waals surface area contributed by atoms with Crippen LogP contribution in [0.15, 0.2) is 36.2 Å². The zero-order valence-electron chi connectivity index (χ0n) is 13.8. The van der Waals surface area contributed by atoms with Crippen molar-refractivity contribution in [3.05, 3.63) is 36.2 Å². The normalized spacial score (nSPS) is 20.0. The Morgan fingerprint density at radius 3 is 2.54 bits per heavy atom. The number of hydrogen-bond acceptors (Lipinski definition) is 3. The molecule has 0 bridgehead atoms. The van der Waals surface area contributed by atoms with Crippen LogP contribution in [-0.4, -0.2) is 36.6 Å². The summed E-state index contributed by atoms with van der Waals surface area (Å²) in [5.74, 6) is -1.12. The van der Waals surface area contributed by atoms with Crippen LogP contribution in [0.4, 0.5) is 17.6 Å². The van der Waals surface area contributed by atoms with Crippen LogP contribution in [0.3, 0.4) is 0 Å². The minimum absolute atomic E-state index is 0.214. The van der Waals surface area contributed by atoms with Crippen molar-refractivity contribution >= 4 is 5.91 Å². The van der Waals surface area contributed by atoms with Gasteiger partial charge in [-0.1, -0.05) is 18.7 Å². The number of allylic oxidation sites excluding steroid dienone is 3. The predicted octanol–water partition coefficient (Wildman–Crippen LogP) is 4.07. The minimum Gasteiger partial charge on any atom is -0.291 e. The van der Waals surface area contributed by atoms with Gasteiger partial charge in [-0.3, -0.25) is 14.4 Å². The molecule has 0 radical (unpaired) electrons. The molecule has 8 heteroatoms. The van der Waals surface area contributed by atoms with E-state index in [1.54, 1.807) is 0 Å². The second kappa shape index (κ2) is 7.94. The Kier molecular flexibility index (Phi) is 6.74. The molecule has 1 rings (SSSR count). The standard InChI is InChI=1S/C16H21F4NO3/c1-5-12(17)7-6-11(2)13-8-9-24-21(13)14(22)15(3,4)10-23-16(18,19)20/h5-7,13H,2,8-10H2,1,3-4H3/b7-6-,12-5+/t13-/m0/s1. The first-order chi connectivity index (χ1) is 11.0. The van der Waals surface area contributed by atoms with E-state index in [4.69, 9.17) is 4.84 Å². The van der Waals surface area contributed by atoms with E-state index in [-0.39, 0.29) is 6.61 Å². The van der Waals surface area contributed by atoms with Crippen molar-refractivity contribution in [2.45, 2.75) is 39.6 Å². The predicted molar refractivity (Wildman–Crippen MR) is 80.1 cm³/mol. The highest BCUT2D eigenvalue weighted by atomic mass is 19.4. The molecular weight excluding hydrogens is 330 g/mol. The van der Waals surface area contributed by atoms with Gasteiger partial charge in [-0.25, -0.2) is 9.45 Å². The van der Waals surface area contributed by atoms with Gasteiger partial charge < -0.3 is 0 Å². The molecule has 1 amide bonds. The fourth-order valence-electron chi connectivity index (χ4n) is 2.02. The van der Waals surface area contributed by atoms with E-state index in [1.807, 2.05) is 0 Å². The van der Waals surface area contributed by atoms with Crippen LogP contribution in [0.25, 0.3) is 0 Å². The summed E-state index contributed by atoms with van der Waals surface area (Å²) in [4.78, 5) is 17.7. The van der Waals surface area contributed by atoms with Gasteiger partial charge in [0, 0.05) is 6.42 Å². The Bertz CT molecular complexity index is 538. The number of hydrogen-bond donors (Lipinski definition) is 0. The SMILES string of the molecule is C=C(/C=C\C(F)=C/C)[C@@H]1CCON1C(=O)C(C)(C)COC(F)(F)F. The molecule has 0 aromatic rings. The molecule has 0 saturated carbocycles. The maximum atomic E-state index is 13.1. The van der Waals surface area contributed by atoms with Gasteiger partial charge in [-0.2, -0.15) is 0 Å². The van der Waals surface area contributed by atoms with E-state index >= 15 is 0 Å². The summed E-state index contributed by atoms with van der Waals surface area (Å²) in [5.41, 5.74) is -1.03. The molecule has 1 fully saturated rings. The van der Waals surface area contributed by atoms with Crippen LogP contribution in [-0.2, 0) is 14.4 Å². The topological polar surface area (TPSA) is 38.8 Å². The van der Waals surface area contributed by atoms with Gasteiger partial charge in [0.15, 0.2) is 0 Å². The zero-order chi connectivity index (χ0) is 18.5. The quantitative estimate of drug-likeness (QED) is 0.535. The van der Waals surface area contributed by atoms with Crippen LogP contribution in [0, 0.1) is 5.41 Å².